The van der Waals surface area contributed by atoms with E-state index in [0.717, 1.165) is 0 Å². The first-order valence-corrected chi connectivity index (χ1v) is 11.1. The Balaban J connectivity index is 1.67. The van der Waals surface area contributed by atoms with E-state index in [2.05, 4.69) is 4.98 Å². The molecule has 1 aliphatic rings. The Morgan fingerprint density at radius 3 is 2.85 bits per heavy atom. The van der Waals surface area contributed by atoms with Crippen molar-refractivity contribution in [2.75, 3.05) is 20.2 Å². The van der Waals surface area contributed by atoms with Crippen molar-refractivity contribution in [2.45, 2.75) is 56.9 Å². The molecule has 5 N–H and O–H groups in total. The van der Waals surface area contributed by atoms with Crippen LogP contribution in [0.15, 0.2) is 40.1 Å². The molecule has 1 aliphatic carbocycles. The molecule has 10 nitrogen and oxygen atoms in total. The average Bonchev–Trinajstić information content (AvgIpc) is 2.79. The predicted octanol–water partition coefficient (Wildman–Crippen LogP) is -0.0107. The second kappa shape index (κ2) is 10.3. The number of aliphatic hydroxyl groups excluding tert-OH is 1. The van der Waals surface area contributed by atoms with E-state index in [1.165, 1.54) is 10.8 Å². The number of H-pyrrole nitrogens is 1. The SMILES string of the molecule is Cc1cn(C[C@]2(O)CC[C@H](N(C)C(=O)c3cccc(OCCCN)c3)C[C@H]2O)c(=O)[nH]c1=O. The van der Waals surface area contributed by atoms with Crippen molar-refractivity contribution in [3.8, 4) is 5.75 Å². The molecular weight excluding hydrogens is 428 g/mol. The fourth-order valence-corrected chi connectivity index (χ4v) is 4.11. The number of nitrogens with two attached hydrogens (primary N) is 1. The number of carbonyl (C=O) groups excluding carboxylic acids is 1. The summed E-state index contributed by atoms with van der Waals surface area (Å²) in [5.74, 6) is 0.372. The van der Waals surface area contributed by atoms with E-state index in [9.17, 15) is 24.6 Å². The van der Waals surface area contributed by atoms with Gasteiger partial charge in [-0.05, 0) is 57.4 Å². The topological polar surface area (TPSA) is 151 Å². The molecule has 1 fully saturated rings. The molecule has 2 aromatic rings. The average molecular weight is 461 g/mol. The standard InChI is InChI=1S/C23H32N4O6/c1-15-13-27(22(31)25-20(15)29)14-23(32)8-7-17(12-19(23)28)26(2)21(30)16-5-3-6-18(11-16)33-10-4-9-24/h3,5-6,11,13,17,19,28,32H,4,7-10,12,14,24H2,1-2H3,(H,25,29,31)/t17-,19+,23+/m0/s1. The largest absolute Gasteiger partial charge is 0.494 e. The maximum atomic E-state index is 13.0. The van der Waals surface area contributed by atoms with E-state index in [4.69, 9.17) is 10.5 Å². The van der Waals surface area contributed by atoms with Crippen LogP contribution in [-0.4, -0.2) is 68.5 Å². The summed E-state index contributed by atoms with van der Waals surface area (Å²) >= 11 is 0. The van der Waals surface area contributed by atoms with Crippen LogP contribution in [0.4, 0.5) is 0 Å². The number of hydrogen-bond donors (Lipinski definition) is 4. The summed E-state index contributed by atoms with van der Waals surface area (Å²) in [6.45, 7) is 2.39. The lowest BCUT2D eigenvalue weighted by molar-refractivity contribution is -0.122. The van der Waals surface area contributed by atoms with Gasteiger partial charge in [0.2, 0.25) is 0 Å². The van der Waals surface area contributed by atoms with Gasteiger partial charge < -0.3 is 25.6 Å². The number of carbonyl (C=O) groups is 1. The third-order valence-electron chi connectivity index (χ3n) is 6.23. The molecule has 3 rings (SSSR count). The summed E-state index contributed by atoms with van der Waals surface area (Å²) in [4.78, 5) is 40.5. The van der Waals surface area contributed by atoms with Crippen LogP contribution in [0.5, 0.6) is 5.75 Å². The van der Waals surface area contributed by atoms with Crippen LogP contribution >= 0.6 is 0 Å². The molecule has 0 radical (unpaired) electrons. The smallest absolute Gasteiger partial charge is 0.328 e. The monoisotopic (exact) mass is 460 g/mol. The quantitative estimate of drug-likeness (QED) is 0.405. The Hall–Kier alpha value is -2.95. The van der Waals surface area contributed by atoms with Crippen molar-refractivity contribution in [3.05, 3.63) is 62.4 Å². The lowest BCUT2D eigenvalue weighted by atomic mass is 9.79. The number of nitrogens with one attached hydrogen (secondary N) is 1. The molecule has 0 unspecified atom stereocenters. The maximum absolute atomic E-state index is 13.0. The predicted molar refractivity (Wildman–Crippen MR) is 122 cm³/mol. The molecule has 0 bridgehead atoms. The van der Waals surface area contributed by atoms with E-state index in [1.807, 2.05) is 0 Å². The van der Waals surface area contributed by atoms with Crippen molar-refractivity contribution in [3.63, 3.8) is 0 Å². The summed E-state index contributed by atoms with van der Waals surface area (Å²) < 4.78 is 6.81. The number of aromatic amines is 1. The number of hydrogen-bond acceptors (Lipinski definition) is 7. The van der Waals surface area contributed by atoms with Crippen molar-refractivity contribution in [1.82, 2.24) is 14.5 Å². The van der Waals surface area contributed by atoms with Crippen LogP contribution in [0.25, 0.3) is 0 Å². The van der Waals surface area contributed by atoms with E-state index in [1.54, 1.807) is 43.1 Å². The van der Waals surface area contributed by atoms with Crippen LogP contribution in [0.2, 0.25) is 0 Å². The molecule has 33 heavy (non-hydrogen) atoms. The zero-order valence-electron chi connectivity index (χ0n) is 19.0. The van der Waals surface area contributed by atoms with Gasteiger partial charge in [0, 0.05) is 30.4 Å². The molecule has 1 heterocycles. The maximum Gasteiger partial charge on any atom is 0.328 e. The fourth-order valence-electron chi connectivity index (χ4n) is 4.11. The summed E-state index contributed by atoms with van der Waals surface area (Å²) in [5, 5.41) is 21.8. The van der Waals surface area contributed by atoms with E-state index in [0.29, 0.717) is 42.9 Å². The van der Waals surface area contributed by atoms with Gasteiger partial charge in [-0.2, -0.15) is 0 Å². The molecule has 1 aromatic carbocycles. The van der Waals surface area contributed by atoms with Crippen molar-refractivity contribution < 1.29 is 19.7 Å². The van der Waals surface area contributed by atoms with Gasteiger partial charge in [-0.15, -0.1) is 0 Å². The zero-order valence-corrected chi connectivity index (χ0v) is 19.0. The van der Waals surface area contributed by atoms with Gasteiger partial charge in [0.15, 0.2) is 0 Å². The second-order valence-corrected chi connectivity index (χ2v) is 8.68. The van der Waals surface area contributed by atoms with Gasteiger partial charge in [-0.1, -0.05) is 6.07 Å². The molecule has 180 valence electrons. The number of aryl methyl sites for hydroxylation is 1. The lowest BCUT2D eigenvalue weighted by Crippen LogP contribution is -2.55. The van der Waals surface area contributed by atoms with Crippen LogP contribution in [0.3, 0.4) is 0 Å². The highest BCUT2D eigenvalue weighted by molar-refractivity contribution is 5.94. The van der Waals surface area contributed by atoms with E-state index < -0.39 is 23.0 Å². The van der Waals surface area contributed by atoms with Gasteiger partial charge in [-0.25, -0.2) is 4.79 Å². The molecule has 1 aromatic heterocycles. The van der Waals surface area contributed by atoms with Gasteiger partial charge >= 0.3 is 5.69 Å². The summed E-state index contributed by atoms with van der Waals surface area (Å²) in [6.07, 6.45) is 1.71. The molecular formula is C23H32N4O6. The summed E-state index contributed by atoms with van der Waals surface area (Å²) in [5.41, 5.74) is 3.60. The number of ether oxygens (including phenoxy) is 1. The number of nitrogens with zero attached hydrogens (tertiary/aromatic N) is 2. The van der Waals surface area contributed by atoms with Crippen molar-refractivity contribution in [1.29, 1.82) is 0 Å². The van der Waals surface area contributed by atoms with Gasteiger partial charge in [0.1, 0.15) is 11.4 Å². The number of aliphatic hydroxyl groups is 2. The van der Waals surface area contributed by atoms with Crippen LogP contribution < -0.4 is 21.7 Å². The van der Waals surface area contributed by atoms with E-state index >= 15 is 0 Å². The van der Waals surface area contributed by atoms with Gasteiger partial charge in [0.25, 0.3) is 11.5 Å². The lowest BCUT2D eigenvalue weighted by Gasteiger charge is -2.43. The summed E-state index contributed by atoms with van der Waals surface area (Å²) in [7, 11) is 1.67. The molecule has 0 aliphatic heterocycles. The van der Waals surface area contributed by atoms with E-state index in [-0.39, 0.29) is 31.3 Å². The molecule has 1 amide bonds. The Kier molecular flexibility index (Phi) is 7.72. The van der Waals surface area contributed by atoms with Crippen LogP contribution in [0, 0.1) is 6.92 Å². The minimum absolute atomic E-state index is 0.155. The molecule has 0 saturated heterocycles. The highest BCUT2D eigenvalue weighted by Crippen LogP contribution is 2.33. The number of aromatic nitrogens is 2. The van der Waals surface area contributed by atoms with Gasteiger partial charge in [-0.3, -0.25) is 19.1 Å². The Morgan fingerprint density at radius 2 is 2.15 bits per heavy atom. The molecule has 3 atom stereocenters. The first-order chi connectivity index (χ1) is 15.6. The van der Waals surface area contributed by atoms with Crippen LogP contribution in [-0.2, 0) is 6.54 Å². The highest BCUT2D eigenvalue weighted by atomic mass is 16.5. The van der Waals surface area contributed by atoms with Crippen molar-refractivity contribution >= 4 is 5.91 Å². The van der Waals surface area contributed by atoms with Gasteiger partial charge in [0.05, 0.1) is 19.3 Å². The molecule has 1 saturated carbocycles. The minimum Gasteiger partial charge on any atom is -0.494 e. The highest BCUT2D eigenvalue weighted by Gasteiger charge is 2.43. The van der Waals surface area contributed by atoms with Crippen LogP contribution in [0.1, 0.15) is 41.6 Å². The second-order valence-electron chi connectivity index (χ2n) is 8.68. The van der Waals surface area contributed by atoms with Crippen molar-refractivity contribution in [2.24, 2.45) is 5.73 Å². The first kappa shape index (κ1) is 24.7. The Labute approximate surface area is 191 Å². The third-order valence-corrected chi connectivity index (χ3v) is 6.23. The molecule has 10 heteroatoms. The number of rotatable bonds is 8. The number of benzene rings is 1. The zero-order chi connectivity index (χ0) is 24.2. The molecule has 0 spiro atoms. The number of amides is 1. The first-order valence-electron chi connectivity index (χ1n) is 11.1. The summed E-state index contributed by atoms with van der Waals surface area (Å²) in [6, 6.07) is 6.61. The Morgan fingerprint density at radius 1 is 1.39 bits per heavy atom. The minimum atomic E-state index is -1.55. The normalized spacial score (nSPS) is 22.7. The Bertz CT molecular complexity index is 1100. The fraction of sp³-hybridized carbons (Fsp3) is 0.522. The third kappa shape index (κ3) is 5.70.